The summed E-state index contributed by atoms with van der Waals surface area (Å²) in [5.41, 5.74) is 6.42. The summed E-state index contributed by atoms with van der Waals surface area (Å²) >= 11 is 0. The molecule has 0 aliphatic carbocycles. The van der Waals surface area contributed by atoms with Crippen LogP contribution < -0.4 is 0 Å². The van der Waals surface area contributed by atoms with Gasteiger partial charge in [0, 0.05) is 65.4 Å². The van der Waals surface area contributed by atoms with Gasteiger partial charge in [0.25, 0.3) is 0 Å². The van der Waals surface area contributed by atoms with Gasteiger partial charge in [0.2, 0.25) is 0 Å². The Balaban J connectivity index is 1.77. The maximum atomic E-state index is 2.62. The van der Waals surface area contributed by atoms with Crippen LogP contribution in [0.5, 0.6) is 0 Å². The van der Waals surface area contributed by atoms with Crippen molar-refractivity contribution in [3.05, 3.63) is 46.6 Å². The quantitative estimate of drug-likeness (QED) is 0.117. The highest BCUT2D eigenvalue weighted by Crippen LogP contribution is 2.19. The standard InChI is InChI=1S/C34H63BN4/c1-6-7-8-9-15-33(16-10-13-31(2)29-38-24-20-36(4)21-25-38)17-12-19-34(28-35)18-11-14-32(3)30-39-26-22-37(5)23-27-39/h13-15,19H,6-12,16-18,20-30,35H2,1-5H3/b31-13-,32-14-,33-15+,34-19+. The lowest BCUT2D eigenvalue weighted by molar-refractivity contribution is 0.164. The number of unbranched alkanes of at least 4 members (excludes halogenated alkanes) is 3. The largest absolute Gasteiger partial charge is 0.304 e. The molecule has 0 bridgehead atoms. The smallest absolute Gasteiger partial charge is 0.106 e. The first kappa shape index (κ1) is 34.1. The van der Waals surface area contributed by atoms with Gasteiger partial charge in [-0.25, -0.2) is 0 Å². The highest BCUT2D eigenvalue weighted by atomic mass is 15.2. The Morgan fingerprint density at radius 2 is 1.03 bits per heavy atom. The summed E-state index contributed by atoms with van der Waals surface area (Å²) < 4.78 is 0. The fraction of sp³-hybridized carbons (Fsp3) is 0.765. The molecule has 2 saturated heterocycles. The maximum absolute atomic E-state index is 2.62. The van der Waals surface area contributed by atoms with Gasteiger partial charge in [-0.15, -0.1) is 0 Å². The molecule has 0 atom stereocenters. The van der Waals surface area contributed by atoms with Crippen LogP contribution in [0.3, 0.4) is 0 Å². The zero-order valence-corrected chi connectivity index (χ0v) is 26.9. The predicted molar refractivity (Wildman–Crippen MR) is 177 cm³/mol. The van der Waals surface area contributed by atoms with Crippen molar-refractivity contribution in [2.75, 3.05) is 79.5 Å². The van der Waals surface area contributed by atoms with Crippen LogP contribution in [0.25, 0.3) is 0 Å². The number of nitrogens with zero attached hydrogens (tertiary/aromatic N) is 4. The predicted octanol–water partition coefficient (Wildman–Crippen LogP) is 6.20. The minimum atomic E-state index is 1.15. The average molecular weight is 539 g/mol. The summed E-state index contributed by atoms with van der Waals surface area (Å²) in [6, 6.07) is 0. The van der Waals surface area contributed by atoms with E-state index in [0.717, 1.165) is 13.1 Å². The number of rotatable bonds is 18. The van der Waals surface area contributed by atoms with E-state index in [0.29, 0.717) is 0 Å². The highest BCUT2D eigenvalue weighted by molar-refractivity contribution is 6.10. The minimum absolute atomic E-state index is 1.15. The molecule has 0 radical (unpaired) electrons. The molecule has 2 heterocycles. The van der Waals surface area contributed by atoms with Crippen molar-refractivity contribution in [2.45, 2.75) is 91.3 Å². The summed E-state index contributed by atoms with van der Waals surface area (Å²) in [5.74, 6) is 0. The molecule has 0 aromatic heterocycles. The van der Waals surface area contributed by atoms with Gasteiger partial charge in [-0.1, -0.05) is 72.7 Å². The fourth-order valence-electron chi connectivity index (χ4n) is 5.77. The van der Waals surface area contributed by atoms with E-state index in [4.69, 9.17) is 0 Å². The van der Waals surface area contributed by atoms with E-state index >= 15 is 0 Å². The summed E-state index contributed by atoms with van der Waals surface area (Å²) in [6.07, 6.45) is 23.9. The molecule has 5 heteroatoms. The number of hydrogen-bond acceptors (Lipinski definition) is 4. The van der Waals surface area contributed by atoms with Crippen molar-refractivity contribution in [2.24, 2.45) is 0 Å². The van der Waals surface area contributed by atoms with Crippen LogP contribution in [-0.4, -0.2) is 107 Å². The third kappa shape index (κ3) is 16.0. The van der Waals surface area contributed by atoms with Crippen LogP contribution in [-0.2, 0) is 0 Å². The molecule has 0 aromatic carbocycles. The Morgan fingerprint density at radius 1 is 0.590 bits per heavy atom. The molecule has 4 nitrogen and oxygen atoms in total. The molecule has 0 saturated carbocycles. The van der Waals surface area contributed by atoms with Gasteiger partial charge in [-0.05, 0) is 79.3 Å². The highest BCUT2D eigenvalue weighted by Gasteiger charge is 2.14. The molecular weight excluding hydrogens is 475 g/mol. The molecule has 0 amide bonds. The molecular formula is C34H63BN4. The van der Waals surface area contributed by atoms with Crippen molar-refractivity contribution in [1.82, 2.24) is 19.6 Å². The van der Waals surface area contributed by atoms with Gasteiger partial charge in [0.15, 0.2) is 0 Å². The van der Waals surface area contributed by atoms with Crippen LogP contribution in [0.4, 0.5) is 0 Å². The lowest BCUT2D eigenvalue weighted by Crippen LogP contribution is -2.44. The van der Waals surface area contributed by atoms with Gasteiger partial charge in [-0.3, -0.25) is 9.80 Å². The molecule has 39 heavy (non-hydrogen) atoms. The van der Waals surface area contributed by atoms with E-state index in [-0.39, 0.29) is 0 Å². The van der Waals surface area contributed by atoms with Gasteiger partial charge in [0.1, 0.15) is 7.85 Å². The Labute approximate surface area is 244 Å². The lowest BCUT2D eigenvalue weighted by Gasteiger charge is -2.32. The summed E-state index contributed by atoms with van der Waals surface area (Å²) in [5, 5.41) is 0. The van der Waals surface area contributed by atoms with E-state index < -0.39 is 0 Å². The van der Waals surface area contributed by atoms with Crippen molar-refractivity contribution < 1.29 is 0 Å². The first-order chi connectivity index (χ1) is 18.9. The second-order valence-electron chi connectivity index (χ2n) is 12.4. The second kappa shape index (κ2) is 20.7. The van der Waals surface area contributed by atoms with Crippen molar-refractivity contribution in [3.8, 4) is 0 Å². The van der Waals surface area contributed by atoms with Gasteiger partial charge in [-0.2, -0.15) is 0 Å². The zero-order chi connectivity index (χ0) is 28.3. The molecule has 0 N–H and O–H groups in total. The second-order valence-corrected chi connectivity index (χ2v) is 12.4. The monoisotopic (exact) mass is 539 g/mol. The van der Waals surface area contributed by atoms with E-state index in [1.165, 1.54) is 123 Å². The zero-order valence-electron chi connectivity index (χ0n) is 26.9. The lowest BCUT2D eigenvalue weighted by atomic mass is 9.91. The fourth-order valence-corrected chi connectivity index (χ4v) is 5.77. The number of allylic oxidation sites excluding steroid dienone is 6. The molecule has 0 spiro atoms. The molecule has 222 valence electrons. The summed E-state index contributed by atoms with van der Waals surface area (Å²) in [4.78, 5) is 10.1. The first-order valence-electron chi connectivity index (χ1n) is 16.4. The third-order valence-corrected chi connectivity index (χ3v) is 8.65. The Kier molecular flexibility index (Phi) is 18.1. The maximum Gasteiger partial charge on any atom is 0.106 e. The van der Waals surface area contributed by atoms with Crippen LogP contribution in [0.1, 0.15) is 85.0 Å². The van der Waals surface area contributed by atoms with E-state index in [9.17, 15) is 0 Å². The molecule has 0 unspecified atom stereocenters. The van der Waals surface area contributed by atoms with Gasteiger partial charge in [0.05, 0.1) is 0 Å². The SMILES string of the molecule is BC/C(=C/CC/C(=C/CCCCC)CC/C=C(/C)CN1CCN(C)CC1)CC/C=C(/C)CN1CCN(C)CC1. The average Bonchev–Trinajstić information content (AvgIpc) is 2.92. The Morgan fingerprint density at radius 3 is 1.49 bits per heavy atom. The van der Waals surface area contributed by atoms with Gasteiger partial charge < -0.3 is 9.80 Å². The topological polar surface area (TPSA) is 13.0 Å². The summed E-state index contributed by atoms with van der Waals surface area (Å²) in [7, 11) is 6.81. The van der Waals surface area contributed by atoms with Gasteiger partial charge >= 0.3 is 0 Å². The number of hydrogen-bond donors (Lipinski definition) is 0. The molecule has 0 aromatic rings. The number of likely N-dealkylation sites (N-methyl/N-ethyl adjacent to an activating group) is 2. The molecule has 2 aliphatic heterocycles. The third-order valence-electron chi connectivity index (χ3n) is 8.65. The van der Waals surface area contributed by atoms with Crippen LogP contribution >= 0.6 is 0 Å². The van der Waals surface area contributed by atoms with Crippen LogP contribution in [0.2, 0.25) is 6.32 Å². The summed E-state index contributed by atoms with van der Waals surface area (Å²) in [6.45, 7) is 18.9. The number of piperazine rings is 2. The molecule has 2 fully saturated rings. The van der Waals surface area contributed by atoms with E-state index in [1.807, 2.05) is 0 Å². The van der Waals surface area contributed by atoms with Crippen molar-refractivity contribution in [1.29, 1.82) is 0 Å². The normalized spacial score (nSPS) is 20.2. The molecule has 2 aliphatic rings. The first-order valence-corrected chi connectivity index (χ1v) is 16.4. The Hall–Kier alpha value is -1.14. The van der Waals surface area contributed by atoms with E-state index in [1.54, 1.807) is 22.3 Å². The molecule has 2 rings (SSSR count). The van der Waals surface area contributed by atoms with E-state index in [2.05, 4.69) is 86.6 Å². The minimum Gasteiger partial charge on any atom is -0.304 e. The Bertz CT molecular complexity index is 768. The van der Waals surface area contributed by atoms with Crippen LogP contribution in [0.15, 0.2) is 46.6 Å². The van der Waals surface area contributed by atoms with Crippen molar-refractivity contribution >= 4 is 7.85 Å². The van der Waals surface area contributed by atoms with Crippen LogP contribution in [0, 0.1) is 0 Å². The van der Waals surface area contributed by atoms with Crippen molar-refractivity contribution in [3.63, 3.8) is 0 Å².